The van der Waals surface area contributed by atoms with E-state index in [1.165, 1.54) is 0 Å². The monoisotopic (exact) mass is 271 g/mol. The van der Waals surface area contributed by atoms with Gasteiger partial charge in [-0.1, -0.05) is 6.92 Å². The highest BCUT2D eigenvalue weighted by molar-refractivity contribution is 6.18. The van der Waals surface area contributed by atoms with Gasteiger partial charge >= 0.3 is 0 Å². The Morgan fingerprint density at radius 1 is 1.61 bits per heavy atom. The fraction of sp³-hybridized carbons (Fsp3) is 0.667. The lowest BCUT2D eigenvalue weighted by atomic mass is 10.2. The zero-order valence-electron chi connectivity index (χ0n) is 10.5. The molecule has 0 saturated carbocycles. The molecule has 1 unspecified atom stereocenters. The third-order valence-corrected chi connectivity index (χ3v) is 3.39. The highest BCUT2D eigenvalue weighted by atomic mass is 35.5. The number of alkyl halides is 1. The molecule has 0 bridgehead atoms. The Morgan fingerprint density at radius 3 is 3.17 bits per heavy atom. The topological polar surface area (TPSA) is 47.4 Å². The summed E-state index contributed by atoms with van der Waals surface area (Å²) in [4.78, 5) is 18.5. The lowest BCUT2D eigenvalue weighted by molar-refractivity contribution is 0.0992. The molecule has 1 aliphatic heterocycles. The summed E-state index contributed by atoms with van der Waals surface area (Å²) in [7, 11) is 0. The number of rotatable bonds is 4. The lowest BCUT2D eigenvalue weighted by Gasteiger charge is -2.34. The van der Waals surface area contributed by atoms with Crippen molar-refractivity contribution in [3.8, 4) is 0 Å². The predicted octanol–water partition coefficient (Wildman–Crippen LogP) is 1.10. The van der Waals surface area contributed by atoms with Crippen molar-refractivity contribution in [3.63, 3.8) is 0 Å². The van der Waals surface area contributed by atoms with E-state index in [0.29, 0.717) is 38.0 Å². The van der Waals surface area contributed by atoms with E-state index in [9.17, 15) is 4.79 Å². The molecule has 0 N–H and O–H groups in total. The fourth-order valence-corrected chi connectivity index (χ4v) is 2.37. The van der Waals surface area contributed by atoms with E-state index in [2.05, 4.69) is 4.98 Å². The number of nitrogens with zero attached hydrogens (tertiary/aromatic N) is 3. The standard InChI is InChI=1S/C12H18ClN3O2/c1-2-4-15-5-3-14-11(12(15)17)16-6-7-18-9-10(16)8-13/h3,5,10H,2,4,6-9H2,1H3. The summed E-state index contributed by atoms with van der Waals surface area (Å²) >= 11 is 5.92. The molecule has 0 spiro atoms. The minimum atomic E-state index is -0.0450. The maximum absolute atomic E-state index is 12.3. The number of ether oxygens (including phenoxy) is 1. The van der Waals surface area contributed by atoms with Crippen LogP contribution in [0, 0.1) is 0 Å². The maximum Gasteiger partial charge on any atom is 0.293 e. The van der Waals surface area contributed by atoms with Gasteiger partial charge in [-0.15, -0.1) is 11.6 Å². The first-order valence-corrected chi connectivity index (χ1v) is 6.77. The molecule has 1 aliphatic rings. The van der Waals surface area contributed by atoms with Crippen LogP contribution in [-0.4, -0.2) is 41.2 Å². The second-order valence-corrected chi connectivity index (χ2v) is 4.63. The minimum Gasteiger partial charge on any atom is -0.377 e. The fourth-order valence-electron chi connectivity index (χ4n) is 2.11. The van der Waals surface area contributed by atoms with Crippen LogP contribution in [0.2, 0.25) is 0 Å². The first kappa shape index (κ1) is 13.4. The molecule has 18 heavy (non-hydrogen) atoms. The van der Waals surface area contributed by atoms with Gasteiger partial charge in [0.1, 0.15) is 0 Å². The SMILES string of the molecule is CCCn1ccnc(N2CCOCC2CCl)c1=O. The van der Waals surface area contributed by atoms with Gasteiger partial charge in [0, 0.05) is 31.4 Å². The highest BCUT2D eigenvalue weighted by Crippen LogP contribution is 2.14. The minimum absolute atomic E-state index is 0.0260. The van der Waals surface area contributed by atoms with Gasteiger partial charge in [0.05, 0.1) is 19.3 Å². The molecule has 1 fully saturated rings. The van der Waals surface area contributed by atoms with Crippen LogP contribution in [0.25, 0.3) is 0 Å². The number of hydrogen-bond donors (Lipinski definition) is 0. The van der Waals surface area contributed by atoms with Crippen molar-refractivity contribution < 1.29 is 4.74 Å². The van der Waals surface area contributed by atoms with E-state index >= 15 is 0 Å². The maximum atomic E-state index is 12.3. The molecule has 100 valence electrons. The second kappa shape index (κ2) is 6.20. The summed E-state index contributed by atoms with van der Waals surface area (Å²) < 4.78 is 7.08. The molecule has 0 amide bonds. The molecule has 2 heterocycles. The number of morpholine rings is 1. The van der Waals surface area contributed by atoms with Gasteiger partial charge in [0.2, 0.25) is 0 Å². The average molecular weight is 272 g/mol. The van der Waals surface area contributed by atoms with Crippen molar-refractivity contribution in [2.75, 3.05) is 30.5 Å². The summed E-state index contributed by atoms with van der Waals surface area (Å²) in [6.45, 7) is 4.58. The van der Waals surface area contributed by atoms with Crippen molar-refractivity contribution in [2.24, 2.45) is 0 Å². The van der Waals surface area contributed by atoms with Gasteiger partial charge in [0.15, 0.2) is 5.82 Å². The molecule has 5 nitrogen and oxygen atoms in total. The Hall–Kier alpha value is -1.07. The lowest BCUT2D eigenvalue weighted by Crippen LogP contribution is -2.49. The molecular weight excluding hydrogens is 254 g/mol. The summed E-state index contributed by atoms with van der Waals surface area (Å²) in [5.74, 6) is 0.920. The van der Waals surface area contributed by atoms with Gasteiger partial charge in [-0.3, -0.25) is 4.79 Å². The number of aromatic nitrogens is 2. The van der Waals surface area contributed by atoms with E-state index in [0.717, 1.165) is 6.42 Å². The van der Waals surface area contributed by atoms with Gasteiger partial charge in [0.25, 0.3) is 5.56 Å². The molecule has 0 radical (unpaired) electrons. The Morgan fingerprint density at radius 2 is 2.44 bits per heavy atom. The van der Waals surface area contributed by atoms with Gasteiger partial charge in [-0.25, -0.2) is 4.98 Å². The largest absolute Gasteiger partial charge is 0.377 e. The quantitative estimate of drug-likeness (QED) is 0.770. The summed E-state index contributed by atoms with van der Waals surface area (Å²) in [5, 5.41) is 0. The van der Waals surface area contributed by atoms with Gasteiger partial charge < -0.3 is 14.2 Å². The molecular formula is C12H18ClN3O2. The number of anilines is 1. The normalized spacial score (nSPS) is 20.1. The summed E-state index contributed by atoms with van der Waals surface area (Å²) in [6.07, 6.45) is 4.32. The van der Waals surface area contributed by atoms with Crippen LogP contribution in [0.1, 0.15) is 13.3 Å². The third kappa shape index (κ3) is 2.67. The summed E-state index contributed by atoms with van der Waals surface area (Å²) in [5.41, 5.74) is -0.0450. The van der Waals surface area contributed by atoms with Crippen LogP contribution in [-0.2, 0) is 11.3 Å². The zero-order chi connectivity index (χ0) is 13.0. The van der Waals surface area contributed by atoms with Crippen LogP contribution in [0.4, 0.5) is 5.82 Å². The van der Waals surface area contributed by atoms with E-state index < -0.39 is 0 Å². The van der Waals surface area contributed by atoms with Gasteiger partial charge in [-0.05, 0) is 6.42 Å². The number of halogens is 1. The first-order valence-electron chi connectivity index (χ1n) is 6.23. The molecule has 0 aromatic carbocycles. The second-order valence-electron chi connectivity index (χ2n) is 4.33. The van der Waals surface area contributed by atoms with Crippen molar-refractivity contribution >= 4 is 17.4 Å². The van der Waals surface area contributed by atoms with Crippen molar-refractivity contribution in [3.05, 3.63) is 22.7 Å². The molecule has 1 aromatic heterocycles. The van der Waals surface area contributed by atoms with E-state index in [-0.39, 0.29) is 11.6 Å². The Kier molecular flexibility index (Phi) is 4.60. The van der Waals surface area contributed by atoms with Crippen LogP contribution in [0.3, 0.4) is 0 Å². The molecule has 1 atom stereocenters. The Labute approximate surface area is 111 Å². The van der Waals surface area contributed by atoms with E-state index in [1.807, 2.05) is 11.8 Å². The van der Waals surface area contributed by atoms with Crippen LogP contribution < -0.4 is 10.5 Å². The number of hydrogen-bond acceptors (Lipinski definition) is 4. The highest BCUT2D eigenvalue weighted by Gasteiger charge is 2.25. The first-order chi connectivity index (χ1) is 8.77. The van der Waals surface area contributed by atoms with Crippen molar-refractivity contribution in [1.29, 1.82) is 0 Å². The Bertz CT molecular complexity index is 449. The van der Waals surface area contributed by atoms with Crippen LogP contribution >= 0.6 is 11.6 Å². The summed E-state index contributed by atoms with van der Waals surface area (Å²) in [6, 6.07) is 0.0260. The van der Waals surface area contributed by atoms with Gasteiger partial charge in [-0.2, -0.15) is 0 Å². The molecule has 1 saturated heterocycles. The molecule has 2 rings (SSSR count). The smallest absolute Gasteiger partial charge is 0.293 e. The van der Waals surface area contributed by atoms with Crippen molar-refractivity contribution in [2.45, 2.75) is 25.9 Å². The third-order valence-electron chi connectivity index (χ3n) is 3.04. The van der Waals surface area contributed by atoms with Crippen LogP contribution in [0.15, 0.2) is 17.2 Å². The Balaban J connectivity index is 2.31. The number of aryl methyl sites for hydroxylation is 1. The van der Waals surface area contributed by atoms with Crippen molar-refractivity contribution in [1.82, 2.24) is 9.55 Å². The molecule has 6 heteroatoms. The van der Waals surface area contributed by atoms with Crippen LogP contribution in [0.5, 0.6) is 0 Å². The molecule has 1 aromatic rings. The average Bonchev–Trinajstić information content (AvgIpc) is 2.41. The molecule has 0 aliphatic carbocycles. The zero-order valence-corrected chi connectivity index (χ0v) is 11.3. The van der Waals surface area contributed by atoms with E-state index in [4.69, 9.17) is 16.3 Å². The predicted molar refractivity (Wildman–Crippen MR) is 71.5 cm³/mol. The van der Waals surface area contributed by atoms with E-state index in [1.54, 1.807) is 17.0 Å².